The van der Waals surface area contributed by atoms with Crippen LogP contribution in [-0.4, -0.2) is 29.7 Å². The molecule has 0 unspecified atom stereocenters. The lowest BCUT2D eigenvalue weighted by atomic mass is 10.2. The van der Waals surface area contributed by atoms with E-state index in [9.17, 15) is 14.7 Å². The average molecular weight is 323 g/mol. The standard InChI is InChI=1S/C18H17N3O3/c22-16-8-2-1-5-14(16)12-19-20-18(24)13-6-3-7-15(11-13)21-10-4-9-17(21)23/h1-3,5-8,11-12,22H,4,9-10H2,(H,20,24). The molecule has 1 saturated heterocycles. The van der Waals surface area contributed by atoms with Crippen molar-refractivity contribution in [2.75, 3.05) is 11.4 Å². The number of hydrogen-bond donors (Lipinski definition) is 2. The van der Waals surface area contributed by atoms with Gasteiger partial charge in [-0.1, -0.05) is 18.2 Å². The van der Waals surface area contributed by atoms with Crippen LogP contribution in [0.5, 0.6) is 5.75 Å². The first kappa shape index (κ1) is 15.7. The van der Waals surface area contributed by atoms with E-state index in [1.807, 2.05) is 6.07 Å². The van der Waals surface area contributed by atoms with Gasteiger partial charge in [0.2, 0.25) is 5.91 Å². The van der Waals surface area contributed by atoms with E-state index in [1.165, 1.54) is 6.21 Å². The topological polar surface area (TPSA) is 82.0 Å². The summed E-state index contributed by atoms with van der Waals surface area (Å²) >= 11 is 0. The number of phenolic OH excluding ortho intramolecular Hbond substituents is 1. The van der Waals surface area contributed by atoms with Crippen LogP contribution >= 0.6 is 0 Å². The molecule has 1 aliphatic heterocycles. The zero-order chi connectivity index (χ0) is 16.9. The molecule has 0 atom stereocenters. The summed E-state index contributed by atoms with van der Waals surface area (Å²) in [5.41, 5.74) is 4.06. The van der Waals surface area contributed by atoms with Gasteiger partial charge in [0.15, 0.2) is 0 Å². The van der Waals surface area contributed by atoms with Gasteiger partial charge in [-0.3, -0.25) is 9.59 Å². The largest absolute Gasteiger partial charge is 0.507 e. The van der Waals surface area contributed by atoms with Crippen LogP contribution < -0.4 is 10.3 Å². The highest BCUT2D eigenvalue weighted by atomic mass is 16.3. The Morgan fingerprint density at radius 2 is 2.04 bits per heavy atom. The van der Waals surface area contributed by atoms with E-state index in [4.69, 9.17) is 0 Å². The Balaban J connectivity index is 1.69. The minimum absolute atomic E-state index is 0.0742. The molecule has 6 heteroatoms. The molecule has 122 valence electrons. The van der Waals surface area contributed by atoms with Crippen molar-refractivity contribution in [1.82, 2.24) is 5.43 Å². The van der Waals surface area contributed by atoms with Crippen molar-refractivity contribution in [1.29, 1.82) is 0 Å². The maximum absolute atomic E-state index is 12.2. The first-order valence-electron chi connectivity index (χ1n) is 7.67. The van der Waals surface area contributed by atoms with Crippen molar-refractivity contribution in [2.24, 2.45) is 5.10 Å². The quantitative estimate of drug-likeness (QED) is 0.669. The van der Waals surface area contributed by atoms with E-state index < -0.39 is 0 Å². The lowest BCUT2D eigenvalue weighted by Crippen LogP contribution is -2.24. The lowest BCUT2D eigenvalue weighted by Gasteiger charge is -2.16. The maximum atomic E-state index is 12.2. The second kappa shape index (κ2) is 6.95. The van der Waals surface area contributed by atoms with Gasteiger partial charge in [0.25, 0.3) is 5.91 Å². The molecule has 0 aliphatic carbocycles. The third kappa shape index (κ3) is 3.43. The van der Waals surface area contributed by atoms with Gasteiger partial charge < -0.3 is 10.0 Å². The van der Waals surface area contributed by atoms with Crippen molar-refractivity contribution in [3.8, 4) is 5.75 Å². The summed E-state index contributed by atoms with van der Waals surface area (Å²) < 4.78 is 0. The van der Waals surface area contributed by atoms with E-state index in [-0.39, 0.29) is 17.6 Å². The number of aromatic hydroxyl groups is 1. The molecule has 2 aromatic carbocycles. The molecule has 6 nitrogen and oxygen atoms in total. The summed E-state index contributed by atoms with van der Waals surface area (Å²) in [7, 11) is 0. The Hall–Kier alpha value is -3.15. The van der Waals surface area contributed by atoms with Crippen molar-refractivity contribution in [3.05, 3.63) is 59.7 Å². The lowest BCUT2D eigenvalue weighted by molar-refractivity contribution is -0.117. The Kier molecular flexibility index (Phi) is 4.56. The minimum atomic E-state index is -0.379. The predicted octanol–water partition coefficient (Wildman–Crippen LogP) is 2.28. The van der Waals surface area contributed by atoms with Gasteiger partial charge in [-0.05, 0) is 36.8 Å². The first-order chi connectivity index (χ1) is 11.6. The van der Waals surface area contributed by atoms with Crippen LogP contribution in [0.4, 0.5) is 5.69 Å². The van der Waals surface area contributed by atoms with Crippen molar-refractivity contribution in [2.45, 2.75) is 12.8 Å². The van der Waals surface area contributed by atoms with E-state index in [1.54, 1.807) is 47.4 Å². The highest BCUT2D eigenvalue weighted by Crippen LogP contribution is 2.22. The highest BCUT2D eigenvalue weighted by Gasteiger charge is 2.22. The number of hydrazone groups is 1. The molecule has 2 aromatic rings. The molecule has 0 aromatic heterocycles. The first-order valence-corrected chi connectivity index (χ1v) is 7.67. The molecule has 2 amide bonds. The molecule has 0 bridgehead atoms. The zero-order valence-electron chi connectivity index (χ0n) is 13.0. The van der Waals surface area contributed by atoms with Gasteiger partial charge >= 0.3 is 0 Å². The van der Waals surface area contributed by atoms with Crippen molar-refractivity contribution in [3.63, 3.8) is 0 Å². The third-order valence-corrected chi connectivity index (χ3v) is 3.80. The van der Waals surface area contributed by atoms with E-state index >= 15 is 0 Å². The van der Waals surface area contributed by atoms with Crippen LogP contribution in [0.1, 0.15) is 28.8 Å². The van der Waals surface area contributed by atoms with Crippen LogP contribution in [0.3, 0.4) is 0 Å². The van der Waals surface area contributed by atoms with E-state index in [0.717, 1.165) is 12.1 Å². The molecule has 1 fully saturated rings. The fraction of sp³-hybridized carbons (Fsp3) is 0.167. The summed E-state index contributed by atoms with van der Waals surface area (Å²) in [4.78, 5) is 25.7. The maximum Gasteiger partial charge on any atom is 0.271 e. The molecule has 0 saturated carbocycles. The number of carbonyl (C=O) groups is 2. The Morgan fingerprint density at radius 3 is 2.79 bits per heavy atom. The molecular formula is C18H17N3O3. The molecule has 2 N–H and O–H groups in total. The number of nitrogens with zero attached hydrogens (tertiary/aromatic N) is 2. The van der Waals surface area contributed by atoms with Crippen molar-refractivity contribution < 1.29 is 14.7 Å². The number of hydrogen-bond acceptors (Lipinski definition) is 4. The number of phenols is 1. The summed E-state index contributed by atoms with van der Waals surface area (Å²) in [5, 5.41) is 13.5. The summed E-state index contributed by atoms with van der Waals surface area (Å²) in [6.07, 6.45) is 2.75. The zero-order valence-corrected chi connectivity index (χ0v) is 13.0. The number of benzene rings is 2. The van der Waals surface area contributed by atoms with Crippen LogP contribution in [0.2, 0.25) is 0 Å². The smallest absolute Gasteiger partial charge is 0.271 e. The Morgan fingerprint density at radius 1 is 1.21 bits per heavy atom. The number of para-hydroxylation sites is 1. The van der Waals surface area contributed by atoms with Gasteiger partial charge in [0.1, 0.15) is 5.75 Å². The SMILES string of the molecule is O=C(NN=Cc1ccccc1O)c1cccc(N2CCCC2=O)c1. The fourth-order valence-corrected chi connectivity index (χ4v) is 2.56. The van der Waals surface area contributed by atoms with Gasteiger partial charge in [0, 0.05) is 29.8 Å². The van der Waals surface area contributed by atoms with Crippen molar-refractivity contribution >= 4 is 23.7 Å². The second-order valence-corrected chi connectivity index (χ2v) is 5.46. The van der Waals surface area contributed by atoms with Crippen LogP contribution in [-0.2, 0) is 4.79 Å². The second-order valence-electron chi connectivity index (χ2n) is 5.46. The van der Waals surface area contributed by atoms with E-state index in [2.05, 4.69) is 10.5 Å². The average Bonchev–Trinajstić information content (AvgIpc) is 3.03. The monoisotopic (exact) mass is 323 g/mol. The molecule has 1 aliphatic rings. The van der Waals surface area contributed by atoms with Gasteiger partial charge in [-0.15, -0.1) is 0 Å². The normalized spacial score (nSPS) is 14.3. The minimum Gasteiger partial charge on any atom is -0.507 e. The summed E-state index contributed by atoms with van der Waals surface area (Å²) in [6.45, 7) is 0.676. The van der Waals surface area contributed by atoms with E-state index in [0.29, 0.717) is 24.1 Å². The Bertz CT molecular complexity index is 802. The molecule has 24 heavy (non-hydrogen) atoms. The van der Waals surface area contributed by atoms with Crippen LogP contribution in [0, 0.1) is 0 Å². The van der Waals surface area contributed by atoms with Crippen LogP contribution in [0.25, 0.3) is 0 Å². The van der Waals surface area contributed by atoms with Gasteiger partial charge in [-0.2, -0.15) is 5.10 Å². The molecule has 0 spiro atoms. The molecular weight excluding hydrogens is 306 g/mol. The number of nitrogens with one attached hydrogen (secondary N) is 1. The predicted molar refractivity (Wildman–Crippen MR) is 91.2 cm³/mol. The summed E-state index contributed by atoms with van der Waals surface area (Å²) in [5.74, 6) is -0.217. The number of amides is 2. The Labute approximate surface area is 139 Å². The molecule has 3 rings (SSSR count). The number of anilines is 1. The van der Waals surface area contributed by atoms with Gasteiger partial charge in [0.05, 0.1) is 6.21 Å². The third-order valence-electron chi connectivity index (χ3n) is 3.80. The molecule has 1 heterocycles. The molecule has 0 radical (unpaired) electrons. The fourth-order valence-electron chi connectivity index (χ4n) is 2.56. The highest BCUT2D eigenvalue weighted by molar-refractivity contribution is 5.99. The van der Waals surface area contributed by atoms with Crippen LogP contribution in [0.15, 0.2) is 53.6 Å². The number of rotatable bonds is 4. The van der Waals surface area contributed by atoms with Gasteiger partial charge in [-0.25, -0.2) is 5.43 Å². The number of carbonyl (C=O) groups excluding carboxylic acids is 2. The summed E-state index contributed by atoms with van der Waals surface area (Å²) in [6, 6.07) is 13.6.